The van der Waals surface area contributed by atoms with Crippen LogP contribution in [0.2, 0.25) is 0 Å². The van der Waals surface area contributed by atoms with Gasteiger partial charge >= 0.3 is 12.1 Å². The molecule has 0 aliphatic heterocycles. The van der Waals surface area contributed by atoms with Gasteiger partial charge in [-0.15, -0.1) is 11.3 Å². The first-order chi connectivity index (χ1) is 22.1. The highest BCUT2D eigenvalue weighted by Crippen LogP contribution is 2.39. The van der Waals surface area contributed by atoms with Gasteiger partial charge in [-0.25, -0.2) is 41.7 Å². The number of ether oxygens (including phenoxy) is 2. The van der Waals surface area contributed by atoms with Gasteiger partial charge in [-0.3, -0.25) is 9.71 Å². The van der Waals surface area contributed by atoms with E-state index in [2.05, 4.69) is 30.0 Å². The van der Waals surface area contributed by atoms with Gasteiger partial charge in [0.05, 0.1) is 28.6 Å². The van der Waals surface area contributed by atoms with Crippen molar-refractivity contribution in [2.24, 2.45) is 0 Å². The van der Waals surface area contributed by atoms with E-state index in [4.69, 9.17) is 9.47 Å². The molecule has 5 rings (SSSR count). The zero-order chi connectivity index (χ0) is 34.1. The number of amides is 1. The van der Waals surface area contributed by atoms with Crippen molar-refractivity contribution >= 4 is 49.3 Å². The number of carbonyl (C=O) groups is 2. The minimum Gasteiger partial charge on any atom is -0.480 e. The number of carboxylic acid groups (broad SMARTS) is 1. The maximum absolute atomic E-state index is 14.5. The van der Waals surface area contributed by atoms with Crippen LogP contribution in [0.5, 0.6) is 5.88 Å². The lowest BCUT2D eigenvalue weighted by Gasteiger charge is -2.19. The fourth-order valence-electron chi connectivity index (χ4n) is 4.33. The van der Waals surface area contributed by atoms with Crippen molar-refractivity contribution in [3.63, 3.8) is 0 Å². The van der Waals surface area contributed by atoms with E-state index in [0.29, 0.717) is 43.5 Å². The smallest absolute Gasteiger partial charge is 0.407 e. The fourth-order valence-corrected chi connectivity index (χ4v) is 6.56. The van der Waals surface area contributed by atoms with Gasteiger partial charge in [0.2, 0.25) is 5.88 Å². The zero-order valence-corrected chi connectivity index (χ0v) is 26.8. The number of alkyl carbamates (subject to hydrolysis) is 1. The SMILES string of the molecule is COc1ncc(-c2cc3ncnc(-c4cncc(CNC(=O)OC(C)(C)C)c4)c3s2)cc1NS(=O)(=O)c1cc(C(=O)O)c(F)cc1F. The van der Waals surface area contributed by atoms with Crippen LogP contribution < -0.4 is 14.8 Å². The second-order valence-electron chi connectivity index (χ2n) is 10.9. The number of anilines is 1. The van der Waals surface area contributed by atoms with Crippen molar-refractivity contribution in [2.45, 2.75) is 37.8 Å². The summed E-state index contributed by atoms with van der Waals surface area (Å²) in [5, 5.41) is 11.9. The van der Waals surface area contributed by atoms with Crippen LogP contribution in [0.15, 0.2) is 60.1 Å². The lowest BCUT2D eigenvalue weighted by atomic mass is 10.1. The largest absolute Gasteiger partial charge is 0.480 e. The molecule has 1 aromatic carbocycles. The number of benzene rings is 1. The molecule has 0 unspecified atom stereocenters. The average Bonchev–Trinajstić information content (AvgIpc) is 3.43. The number of nitrogens with zero attached hydrogens (tertiary/aromatic N) is 4. The number of aromatic carboxylic acids is 1. The van der Waals surface area contributed by atoms with Crippen LogP contribution in [0.25, 0.3) is 31.9 Å². The zero-order valence-electron chi connectivity index (χ0n) is 25.2. The van der Waals surface area contributed by atoms with Gasteiger partial charge in [-0.2, -0.15) is 0 Å². The number of hydrogen-bond acceptors (Lipinski definition) is 11. The number of sulfonamides is 1. The molecule has 0 saturated carbocycles. The van der Waals surface area contributed by atoms with E-state index in [9.17, 15) is 31.9 Å². The minimum atomic E-state index is -4.77. The summed E-state index contributed by atoms with van der Waals surface area (Å²) in [6.07, 6.45) is 5.46. The van der Waals surface area contributed by atoms with Crippen molar-refractivity contribution in [1.29, 1.82) is 0 Å². The highest BCUT2D eigenvalue weighted by molar-refractivity contribution is 7.92. The van der Waals surface area contributed by atoms with Gasteiger partial charge < -0.3 is 19.9 Å². The molecular formula is C30H26F2N6O7S2. The highest BCUT2D eigenvalue weighted by atomic mass is 32.2. The Bertz CT molecular complexity index is 2140. The number of fused-ring (bicyclic) bond motifs is 1. The van der Waals surface area contributed by atoms with Crippen LogP contribution in [-0.2, 0) is 21.3 Å². The highest BCUT2D eigenvalue weighted by Gasteiger charge is 2.26. The number of thiophene rings is 1. The molecule has 0 spiro atoms. The number of rotatable bonds is 9. The van der Waals surface area contributed by atoms with Gasteiger partial charge in [0, 0.05) is 47.2 Å². The quantitative estimate of drug-likeness (QED) is 0.175. The number of aromatic nitrogens is 4. The molecule has 0 fully saturated rings. The Kier molecular flexibility index (Phi) is 9.04. The molecular weight excluding hydrogens is 658 g/mol. The Morgan fingerprint density at radius 1 is 0.979 bits per heavy atom. The second-order valence-corrected chi connectivity index (χ2v) is 13.6. The van der Waals surface area contributed by atoms with Crippen LogP contribution in [0.4, 0.5) is 19.3 Å². The van der Waals surface area contributed by atoms with Crippen molar-refractivity contribution in [3.8, 4) is 27.6 Å². The maximum atomic E-state index is 14.5. The lowest BCUT2D eigenvalue weighted by molar-refractivity contribution is 0.0522. The maximum Gasteiger partial charge on any atom is 0.407 e. The number of hydrogen-bond donors (Lipinski definition) is 3. The van der Waals surface area contributed by atoms with E-state index in [1.54, 1.807) is 39.2 Å². The van der Waals surface area contributed by atoms with Crippen molar-refractivity contribution in [1.82, 2.24) is 25.3 Å². The van der Waals surface area contributed by atoms with E-state index in [1.807, 2.05) is 6.07 Å². The van der Waals surface area contributed by atoms with Gasteiger partial charge in [-0.05, 0) is 50.6 Å². The average molecular weight is 685 g/mol. The van der Waals surface area contributed by atoms with Crippen LogP contribution in [0.1, 0.15) is 36.7 Å². The Morgan fingerprint density at radius 3 is 2.45 bits per heavy atom. The molecule has 1 amide bonds. The molecule has 0 saturated heterocycles. The topological polar surface area (TPSA) is 183 Å². The molecule has 0 bridgehead atoms. The number of carbonyl (C=O) groups excluding carboxylic acids is 1. The molecule has 5 aromatic rings. The van der Waals surface area contributed by atoms with Gasteiger partial charge in [-0.1, -0.05) is 0 Å². The molecule has 3 N–H and O–H groups in total. The molecule has 47 heavy (non-hydrogen) atoms. The van der Waals surface area contributed by atoms with E-state index in [0.717, 1.165) is 0 Å². The summed E-state index contributed by atoms with van der Waals surface area (Å²) in [6.45, 7) is 5.45. The first-order valence-electron chi connectivity index (χ1n) is 13.6. The van der Waals surface area contributed by atoms with Crippen LogP contribution >= 0.6 is 11.3 Å². The van der Waals surface area contributed by atoms with E-state index in [-0.39, 0.29) is 24.2 Å². The molecule has 4 heterocycles. The molecule has 17 heteroatoms. The van der Waals surface area contributed by atoms with E-state index >= 15 is 0 Å². The Balaban J connectivity index is 1.46. The molecule has 244 valence electrons. The predicted octanol–water partition coefficient (Wildman–Crippen LogP) is 5.63. The molecule has 0 radical (unpaired) electrons. The third kappa shape index (κ3) is 7.41. The molecule has 13 nitrogen and oxygen atoms in total. The van der Waals surface area contributed by atoms with Crippen molar-refractivity contribution in [3.05, 3.63) is 78.0 Å². The van der Waals surface area contributed by atoms with Crippen molar-refractivity contribution in [2.75, 3.05) is 11.8 Å². The first kappa shape index (κ1) is 33.1. The van der Waals surface area contributed by atoms with Crippen LogP contribution in [0, 0.1) is 11.6 Å². The minimum absolute atomic E-state index is 0.162. The summed E-state index contributed by atoms with van der Waals surface area (Å²) >= 11 is 1.28. The fraction of sp³-hybridized carbons (Fsp3) is 0.200. The Labute approximate surface area is 270 Å². The number of halogens is 2. The van der Waals surface area contributed by atoms with Crippen LogP contribution in [-0.4, -0.2) is 58.2 Å². The third-order valence-electron chi connectivity index (χ3n) is 6.33. The molecule has 4 aromatic heterocycles. The monoisotopic (exact) mass is 684 g/mol. The Morgan fingerprint density at radius 2 is 1.74 bits per heavy atom. The molecule has 0 aliphatic rings. The summed E-state index contributed by atoms with van der Waals surface area (Å²) in [6, 6.07) is 5.53. The molecule has 0 atom stereocenters. The first-order valence-corrected chi connectivity index (χ1v) is 15.9. The van der Waals surface area contributed by atoms with E-state index < -0.39 is 49.8 Å². The molecule has 0 aliphatic carbocycles. The predicted molar refractivity (Wildman–Crippen MR) is 168 cm³/mol. The number of carboxylic acids is 1. The van der Waals surface area contributed by atoms with Gasteiger partial charge in [0.1, 0.15) is 34.1 Å². The van der Waals surface area contributed by atoms with Gasteiger partial charge in [0.25, 0.3) is 10.0 Å². The number of nitrogens with one attached hydrogen (secondary N) is 2. The second kappa shape index (κ2) is 12.8. The Hall–Kier alpha value is -5.29. The van der Waals surface area contributed by atoms with Crippen molar-refractivity contribution < 1.29 is 41.4 Å². The summed E-state index contributed by atoms with van der Waals surface area (Å²) in [5.74, 6) is -4.85. The van der Waals surface area contributed by atoms with Gasteiger partial charge in [0.15, 0.2) is 0 Å². The summed E-state index contributed by atoms with van der Waals surface area (Å²) in [4.78, 5) is 40.2. The lowest BCUT2D eigenvalue weighted by Crippen LogP contribution is -2.32. The van der Waals surface area contributed by atoms with E-state index in [1.165, 1.54) is 37.0 Å². The summed E-state index contributed by atoms with van der Waals surface area (Å²) in [7, 11) is -3.53. The standard InChI is InChI=1S/C30H26F2N6O7S2/c1-30(2,3)45-29(41)35-11-15-5-17(12-33-10-15)25-26-21(36-14-37-25)9-23(46-26)16-6-22(27(44-4)34-13-16)38-47(42,43)24-7-18(28(39)40)19(31)8-20(24)32/h5-10,12-14,38H,11H2,1-4H3,(H,35,41)(H,39,40). The number of pyridine rings is 2. The number of methoxy groups -OCH3 is 1. The third-order valence-corrected chi connectivity index (χ3v) is 8.89. The normalized spacial score (nSPS) is 11.7. The summed E-state index contributed by atoms with van der Waals surface area (Å²) < 4.78 is 68.0. The summed E-state index contributed by atoms with van der Waals surface area (Å²) in [5.41, 5.74) is 1.04. The van der Waals surface area contributed by atoms with Crippen LogP contribution in [0.3, 0.4) is 0 Å².